The van der Waals surface area contributed by atoms with E-state index in [1.54, 1.807) is 19.1 Å². The number of furan rings is 1. The average Bonchev–Trinajstić information content (AvgIpc) is 2.82. The summed E-state index contributed by atoms with van der Waals surface area (Å²) in [5.74, 6) is 1.18. The van der Waals surface area contributed by atoms with Gasteiger partial charge >= 0.3 is 0 Å². The van der Waals surface area contributed by atoms with Gasteiger partial charge < -0.3 is 14.8 Å². The lowest BCUT2D eigenvalue weighted by atomic mass is 10.1. The molecule has 2 N–H and O–H groups in total. The van der Waals surface area contributed by atoms with Crippen LogP contribution in [0.15, 0.2) is 46.9 Å². The highest BCUT2D eigenvalue weighted by molar-refractivity contribution is 5.91. The molecular formula is C17H19NO3. The number of benzene rings is 1. The van der Waals surface area contributed by atoms with Gasteiger partial charge in [-0.05, 0) is 31.6 Å². The molecule has 1 unspecified atom stereocenters. The third kappa shape index (κ3) is 4.33. The van der Waals surface area contributed by atoms with Crippen molar-refractivity contribution in [2.24, 2.45) is 0 Å². The Morgan fingerprint density at radius 1 is 1.33 bits per heavy atom. The SMILES string of the molecule is Cc1cc(C(O)CNC(=O)C=Cc2ccccc2)c(C)o1. The highest BCUT2D eigenvalue weighted by atomic mass is 16.3. The van der Waals surface area contributed by atoms with Crippen LogP contribution >= 0.6 is 0 Å². The molecule has 4 heteroatoms. The fraction of sp³-hybridized carbons (Fsp3) is 0.235. The molecule has 0 aliphatic carbocycles. The molecule has 1 aromatic heterocycles. The van der Waals surface area contributed by atoms with E-state index in [0.29, 0.717) is 11.3 Å². The van der Waals surface area contributed by atoms with Crippen LogP contribution in [0.2, 0.25) is 0 Å². The molecule has 0 spiro atoms. The number of rotatable bonds is 5. The van der Waals surface area contributed by atoms with Crippen molar-refractivity contribution in [1.82, 2.24) is 5.32 Å². The van der Waals surface area contributed by atoms with Gasteiger partial charge in [0.15, 0.2) is 0 Å². The van der Waals surface area contributed by atoms with Gasteiger partial charge in [0.25, 0.3) is 0 Å². The fourth-order valence-corrected chi connectivity index (χ4v) is 2.08. The van der Waals surface area contributed by atoms with Crippen LogP contribution in [0.1, 0.15) is 28.8 Å². The summed E-state index contributed by atoms with van der Waals surface area (Å²) in [7, 11) is 0. The third-order valence-corrected chi connectivity index (χ3v) is 3.13. The molecule has 0 radical (unpaired) electrons. The molecule has 0 bridgehead atoms. The summed E-state index contributed by atoms with van der Waals surface area (Å²) in [6.07, 6.45) is 2.42. The zero-order valence-electron chi connectivity index (χ0n) is 12.2. The van der Waals surface area contributed by atoms with Gasteiger partial charge in [-0.2, -0.15) is 0 Å². The zero-order valence-corrected chi connectivity index (χ0v) is 12.2. The molecule has 0 aliphatic heterocycles. The number of aryl methyl sites for hydroxylation is 2. The minimum Gasteiger partial charge on any atom is -0.466 e. The van der Waals surface area contributed by atoms with E-state index in [1.165, 1.54) is 6.08 Å². The lowest BCUT2D eigenvalue weighted by molar-refractivity contribution is -0.116. The molecule has 2 aromatic rings. The summed E-state index contributed by atoms with van der Waals surface area (Å²) < 4.78 is 5.36. The maximum atomic E-state index is 11.7. The molecule has 21 heavy (non-hydrogen) atoms. The number of hydrogen-bond acceptors (Lipinski definition) is 3. The standard InChI is InChI=1S/C17H19NO3/c1-12-10-15(13(2)21-12)16(19)11-18-17(20)9-8-14-6-4-3-5-7-14/h3-10,16,19H,11H2,1-2H3,(H,18,20). The summed E-state index contributed by atoms with van der Waals surface area (Å²) in [5, 5.41) is 12.7. The molecule has 0 aliphatic rings. The monoisotopic (exact) mass is 285 g/mol. The van der Waals surface area contributed by atoms with Crippen molar-refractivity contribution < 1.29 is 14.3 Å². The fourth-order valence-electron chi connectivity index (χ4n) is 2.08. The van der Waals surface area contributed by atoms with Crippen molar-refractivity contribution in [3.8, 4) is 0 Å². The first-order valence-corrected chi connectivity index (χ1v) is 6.82. The summed E-state index contributed by atoms with van der Waals surface area (Å²) in [5.41, 5.74) is 1.66. The summed E-state index contributed by atoms with van der Waals surface area (Å²) in [6, 6.07) is 11.3. The Labute approximate surface area is 124 Å². The maximum absolute atomic E-state index is 11.7. The highest BCUT2D eigenvalue weighted by Crippen LogP contribution is 2.20. The Hall–Kier alpha value is -2.33. The molecule has 1 atom stereocenters. The third-order valence-electron chi connectivity index (χ3n) is 3.13. The number of carbonyl (C=O) groups excluding carboxylic acids is 1. The van der Waals surface area contributed by atoms with Gasteiger partial charge in [0.05, 0.1) is 6.10 Å². The molecule has 0 saturated heterocycles. The number of aliphatic hydroxyl groups excluding tert-OH is 1. The van der Waals surface area contributed by atoms with E-state index in [9.17, 15) is 9.90 Å². The Morgan fingerprint density at radius 2 is 2.05 bits per heavy atom. The molecule has 4 nitrogen and oxygen atoms in total. The second kappa shape index (κ2) is 6.90. The van der Waals surface area contributed by atoms with Crippen molar-refractivity contribution >= 4 is 12.0 Å². The van der Waals surface area contributed by atoms with Crippen LogP contribution in [0.25, 0.3) is 6.08 Å². The van der Waals surface area contributed by atoms with Crippen LogP contribution in [0, 0.1) is 13.8 Å². The van der Waals surface area contributed by atoms with E-state index in [0.717, 1.165) is 11.3 Å². The minimum absolute atomic E-state index is 0.151. The molecule has 1 aromatic carbocycles. The van der Waals surface area contributed by atoms with Gasteiger partial charge in [-0.15, -0.1) is 0 Å². The Morgan fingerprint density at radius 3 is 2.67 bits per heavy atom. The van der Waals surface area contributed by atoms with Crippen molar-refractivity contribution in [2.75, 3.05) is 6.54 Å². The van der Waals surface area contributed by atoms with Crippen molar-refractivity contribution in [3.05, 3.63) is 65.1 Å². The number of carbonyl (C=O) groups is 1. The maximum Gasteiger partial charge on any atom is 0.244 e. The van der Waals surface area contributed by atoms with Gasteiger partial charge in [-0.25, -0.2) is 0 Å². The smallest absolute Gasteiger partial charge is 0.244 e. The summed E-state index contributed by atoms with van der Waals surface area (Å²) in [6.45, 7) is 3.77. The number of hydrogen-bond donors (Lipinski definition) is 2. The second-order valence-electron chi connectivity index (χ2n) is 4.87. The molecule has 1 heterocycles. The molecule has 0 saturated carbocycles. The van der Waals surface area contributed by atoms with E-state index < -0.39 is 6.10 Å². The van der Waals surface area contributed by atoms with Gasteiger partial charge in [-0.1, -0.05) is 30.3 Å². The minimum atomic E-state index is -0.767. The first-order chi connectivity index (χ1) is 10.1. The van der Waals surface area contributed by atoms with Crippen molar-refractivity contribution in [1.29, 1.82) is 0 Å². The van der Waals surface area contributed by atoms with Gasteiger partial charge in [-0.3, -0.25) is 4.79 Å². The number of nitrogens with one attached hydrogen (secondary N) is 1. The van der Waals surface area contributed by atoms with Crippen LogP contribution < -0.4 is 5.32 Å². The van der Waals surface area contributed by atoms with E-state index in [2.05, 4.69) is 5.32 Å². The summed E-state index contributed by atoms with van der Waals surface area (Å²) in [4.78, 5) is 11.7. The van der Waals surface area contributed by atoms with Crippen LogP contribution in [0.5, 0.6) is 0 Å². The topological polar surface area (TPSA) is 62.5 Å². The first kappa shape index (κ1) is 15.1. The second-order valence-corrected chi connectivity index (χ2v) is 4.87. The lowest BCUT2D eigenvalue weighted by Crippen LogP contribution is -2.26. The molecule has 110 valence electrons. The zero-order chi connectivity index (χ0) is 15.2. The largest absolute Gasteiger partial charge is 0.466 e. The molecule has 0 fully saturated rings. The molecular weight excluding hydrogens is 266 g/mol. The number of amides is 1. The van der Waals surface area contributed by atoms with Crippen LogP contribution in [0.3, 0.4) is 0 Å². The Bertz CT molecular complexity index is 629. The van der Waals surface area contributed by atoms with Crippen molar-refractivity contribution in [2.45, 2.75) is 20.0 Å². The van der Waals surface area contributed by atoms with Gasteiger partial charge in [0, 0.05) is 18.2 Å². The summed E-state index contributed by atoms with van der Waals surface area (Å²) >= 11 is 0. The van der Waals surface area contributed by atoms with E-state index >= 15 is 0 Å². The lowest BCUT2D eigenvalue weighted by Gasteiger charge is -2.09. The normalized spacial score (nSPS) is 12.5. The van der Waals surface area contributed by atoms with Crippen LogP contribution in [-0.4, -0.2) is 17.6 Å². The number of aliphatic hydroxyl groups is 1. The van der Waals surface area contributed by atoms with Crippen LogP contribution in [-0.2, 0) is 4.79 Å². The van der Waals surface area contributed by atoms with E-state index in [4.69, 9.17) is 4.42 Å². The van der Waals surface area contributed by atoms with Crippen molar-refractivity contribution in [3.63, 3.8) is 0 Å². The van der Waals surface area contributed by atoms with Crippen LogP contribution in [0.4, 0.5) is 0 Å². The Balaban J connectivity index is 1.86. The van der Waals surface area contributed by atoms with E-state index in [1.807, 2.05) is 37.3 Å². The predicted molar refractivity (Wildman–Crippen MR) is 81.6 cm³/mol. The van der Waals surface area contributed by atoms with Gasteiger partial charge in [0.1, 0.15) is 11.5 Å². The van der Waals surface area contributed by atoms with E-state index in [-0.39, 0.29) is 12.5 Å². The molecule has 1 amide bonds. The quantitative estimate of drug-likeness (QED) is 0.830. The highest BCUT2D eigenvalue weighted by Gasteiger charge is 2.14. The molecule has 2 rings (SSSR count). The Kier molecular flexibility index (Phi) is 4.95. The first-order valence-electron chi connectivity index (χ1n) is 6.82. The van der Waals surface area contributed by atoms with Gasteiger partial charge in [0.2, 0.25) is 5.91 Å². The average molecular weight is 285 g/mol. The predicted octanol–water partition coefficient (Wildman–Crippen LogP) is 2.76.